The molecule has 17 heavy (non-hydrogen) atoms. The van der Waals surface area contributed by atoms with Crippen LogP contribution in [0.15, 0.2) is 17.0 Å². The summed E-state index contributed by atoms with van der Waals surface area (Å²) >= 11 is 0. The lowest BCUT2D eigenvalue weighted by Gasteiger charge is -2.06. The molecule has 0 aromatic carbocycles. The third-order valence-corrected chi connectivity index (χ3v) is 2.67. The van der Waals surface area contributed by atoms with Crippen molar-refractivity contribution < 1.29 is 4.52 Å². The normalized spacial score (nSPS) is 11.2. The Hall–Kier alpha value is -1.65. The Morgan fingerprint density at radius 3 is 3.00 bits per heavy atom. The Morgan fingerprint density at radius 2 is 2.18 bits per heavy atom. The van der Waals surface area contributed by atoms with Gasteiger partial charge < -0.3 is 9.84 Å². The van der Waals surface area contributed by atoms with Crippen molar-refractivity contribution in [2.75, 3.05) is 11.9 Å². The highest BCUT2D eigenvalue weighted by atomic mass is 16.5. The van der Waals surface area contributed by atoms with Gasteiger partial charge in [0.1, 0.15) is 17.5 Å². The maximum Gasteiger partial charge on any atom is 0.262 e. The zero-order chi connectivity index (χ0) is 12.1. The molecule has 0 amide bonds. The van der Waals surface area contributed by atoms with Crippen LogP contribution in [0.3, 0.4) is 0 Å². The maximum atomic E-state index is 4.98. The molecule has 0 atom stereocenters. The van der Waals surface area contributed by atoms with Crippen molar-refractivity contribution in [3.8, 4) is 0 Å². The van der Waals surface area contributed by atoms with E-state index in [0.717, 1.165) is 30.1 Å². The molecule has 0 aliphatic rings. The topological polar surface area (TPSA) is 63.8 Å². The SMILES string of the molecule is CC(C)CCCCNc1ncnc2oncc12. The van der Waals surface area contributed by atoms with Gasteiger partial charge in [0.25, 0.3) is 5.71 Å². The zero-order valence-corrected chi connectivity index (χ0v) is 10.3. The molecule has 0 bridgehead atoms. The Balaban J connectivity index is 1.84. The van der Waals surface area contributed by atoms with Crippen LogP contribution in [-0.2, 0) is 0 Å². The molecule has 5 nitrogen and oxygen atoms in total. The summed E-state index contributed by atoms with van der Waals surface area (Å²) in [6.45, 7) is 5.42. The molecular formula is C12H18N4O. The average molecular weight is 234 g/mol. The highest BCUT2D eigenvalue weighted by Crippen LogP contribution is 2.17. The molecule has 0 unspecified atom stereocenters. The van der Waals surface area contributed by atoms with Gasteiger partial charge in [0, 0.05) is 6.54 Å². The lowest BCUT2D eigenvalue weighted by atomic mass is 10.1. The summed E-state index contributed by atoms with van der Waals surface area (Å²) in [7, 11) is 0. The van der Waals surface area contributed by atoms with Crippen molar-refractivity contribution in [1.82, 2.24) is 15.1 Å². The molecule has 0 spiro atoms. The van der Waals surface area contributed by atoms with Crippen molar-refractivity contribution in [3.05, 3.63) is 12.5 Å². The largest absolute Gasteiger partial charge is 0.369 e. The minimum absolute atomic E-state index is 0.532. The quantitative estimate of drug-likeness (QED) is 0.778. The Labute approximate surface area is 101 Å². The van der Waals surface area contributed by atoms with Gasteiger partial charge in [-0.2, -0.15) is 4.98 Å². The Kier molecular flexibility index (Phi) is 3.90. The number of unbranched alkanes of at least 4 members (excludes halogenated alkanes) is 1. The molecular weight excluding hydrogens is 216 g/mol. The first kappa shape index (κ1) is 11.8. The molecule has 0 saturated carbocycles. The van der Waals surface area contributed by atoms with Crippen molar-refractivity contribution in [2.24, 2.45) is 5.92 Å². The highest BCUT2D eigenvalue weighted by Gasteiger charge is 2.06. The van der Waals surface area contributed by atoms with Crippen LogP contribution in [0.25, 0.3) is 11.1 Å². The fourth-order valence-corrected chi connectivity index (χ4v) is 1.72. The molecule has 5 heteroatoms. The minimum atomic E-state index is 0.532. The molecule has 2 rings (SSSR count). The van der Waals surface area contributed by atoms with E-state index in [0.29, 0.717) is 5.71 Å². The molecule has 2 aromatic heterocycles. The van der Waals surface area contributed by atoms with Crippen molar-refractivity contribution in [2.45, 2.75) is 33.1 Å². The number of nitrogens with zero attached hydrogens (tertiary/aromatic N) is 3. The van der Waals surface area contributed by atoms with E-state index in [4.69, 9.17) is 4.52 Å². The van der Waals surface area contributed by atoms with E-state index in [1.807, 2.05) is 0 Å². The van der Waals surface area contributed by atoms with E-state index in [1.165, 1.54) is 19.2 Å². The van der Waals surface area contributed by atoms with Crippen LogP contribution in [0.1, 0.15) is 33.1 Å². The van der Waals surface area contributed by atoms with E-state index in [1.54, 1.807) is 6.20 Å². The van der Waals surface area contributed by atoms with Gasteiger partial charge in [0.05, 0.1) is 6.20 Å². The zero-order valence-electron chi connectivity index (χ0n) is 10.3. The summed E-state index contributed by atoms with van der Waals surface area (Å²) in [5, 5.41) is 7.85. The number of nitrogens with one attached hydrogen (secondary N) is 1. The van der Waals surface area contributed by atoms with Crippen LogP contribution in [0.4, 0.5) is 5.82 Å². The standard InChI is InChI=1S/C12H18N4O/c1-9(2)5-3-4-6-13-11-10-7-16-17-12(10)15-8-14-11/h7-9H,3-6H2,1-2H3,(H,13,14,15). The van der Waals surface area contributed by atoms with Crippen molar-refractivity contribution in [3.63, 3.8) is 0 Å². The summed E-state index contributed by atoms with van der Waals surface area (Å²) in [5.74, 6) is 1.58. The first-order chi connectivity index (χ1) is 8.27. The molecule has 0 aliphatic carbocycles. The van der Waals surface area contributed by atoms with Crippen LogP contribution >= 0.6 is 0 Å². The Morgan fingerprint density at radius 1 is 1.29 bits per heavy atom. The number of hydrogen-bond donors (Lipinski definition) is 1. The molecule has 0 radical (unpaired) electrons. The van der Waals surface area contributed by atoms with Crippen LogP contribution < -0.4 is 5.32 Å². The fourth-order valence-electron chi connectivity index (χ4n) is 1.72. The van der Waals surface area contributed by atoms with Gasteiger partial charge in [-0.15, -0.1) is 0 Å². The van der Waals surface area contributed by atoms with E-state index >= 15 is 0 Å². The third kappa shape index (κ3) is 3.15. The van der Waals surface area contributed by atoms with Gasteiger partial charge in [-0.3, -0.25) is 0 Å². The van der Waals surface area contributed by atoms with Crippen molar-refractivity contribution >= 4 is 16.9 Å². The number of rotatable bonds is 6. The van der Waals surface area contributed by atoms with Gasteiger partial charge in [0.15, 0.2) is 0 Å². The second-order valence-corrected chi connectivity index (χ2v) is 4.58. The minimum Gasteiger partial charge on any atom is -0.369 e. The molecule has 92 valence electrons. The van der Waals surface area contributed by atoms with E-state index in [-0.39, 0.29) is 0 Å². The number of fused-ring (bicyclic) bond motifs is 1. The number of hydrogen-bond acceptors (Lipinski definition) is 5. The lowest BCUT2D eigenvalue weighted by Crippen LogP contribution is -2.04. The second-order valence-electron chi connectivity index (χ2n) is 4.58. The third-order valence-electron chi connectivity index (χ3n) is 2.67. The van der Waals surface area contributed by atoms with E-state index in [2.05, 4.69) is 34.3 Å². The van der Waals surface area contributed by atoms with Gasteiger partial charge in [-0.1, -0.05) is 31.8 Å². The molecule has 2 aromatic rings. The lowest BCUT2D eigenvalue weighted by molar-refractivity contribution is 0.448. The molecule has 0 fully saturated rings. The highest BCUT2D eigenvalue weighted by molar-refractivity contribution is 5.83. The van der Waals surface area contributed by atoms with Crippen molar-refractivity contribution in [1.29, 1.82) is 0 Å². The first-order valence-electron chi connectivity index (χ1n) is 6.06. The van der Waals surface area contributed by atoms with Gasteiger partial charge in [-0.25, -0.2) is 4.98 Å². The molecule has 0 saturated heterocycles. The summed E-state index contributed by atoms with van der Waals surface area (Å²) in [4.78, 5) is 8.18. The van der Waals surface area contributed by atoms with Crippen LogP contribution in [0.5, 0.6) is 0 Å². The van der Waals surface area contributed by atoms with E-state index in [9.17, 15) is 0 Å². The van der Waals surface area contributed by atoms with Gasteiger partial charge >= 0.3 is 0 Å². The van der Waals surface area contributed by atoms with Gasteiger partial charge in [-0.05, 0) is 12.3 Å². The first-order valence-corrected chi connectivity index (χ1v) is 6.06. The Bertz CT molecular complexity index is 466. The number of aromatic nitrogens is 3. The summed E-state index contributed by atoms with van der Waals surface area (Å²) < 4.78 is 4.98. The van der Waals surface area contributed by atoms with E-state index < -0.39 is 0 Å². The second kappa shape index (κ2) is 5.61. The molecule has 1 N–H and O–H groups in total. The summed E-state index contributed by atoms with van der Waals surface area (Å²) in [6, 6.07) is 0. The maximum absolute atomic E-state index is 4.98. The average Bonchev–Trinajstić information content (AvgIpc) is 2.77. The molecule has 0 aliphatic heterocycles. The molecule has 2 heterocycles. The van der Waals surface area contributed by atoms with Crippen LogP contribution in [-0.4, -0.2) is 21.7 Å². The monoisotopic (exact) mass is 234 g/mol. The smallest absolute Gasteiger partial charge is 0.262 e. The summed E-state index contributed by atoms with van der Waals surface area (Å²) in [5.41, 5.74) is 0.532. The predicted molar refractivity (Wildman–Crippen MR) is 66.8 cm³/mol. The fraction of sp³-hybridized carbons (Fsp3) is 0.583. The van der Waals surface area contributed by atoms with Gasteiger partial charge in [0.2, 0.25) is 0 Å². The predicted octanol–water partition coefficient (Wildman–Crippen LogP) is 2.86. The van der Waals surface area contributed by atoms with Crippen LogP contribution in [0.2, 0.25) is 0 Å². The number of anilines is 1. The summed E-state index contributed by atoms with van der Waals surface area (Å²) in [6.07, 6.45) is 6.79. The van der Waals surface area contributed by atoms with Crippen LogP contribution in [0, 0.1) is 5.92 Å².